The topological polar surface area (TPSA) is 63.5 Å². The van der Waals surface area contributed by atoms with Crippen LogP contribution in [0.4, 0.5) is 11.4 Å². The monoisotopic (exact) mass is 248 g/mol. The van der Waals surface area contributed by atoms with E-state index in [1.165, 1.54) is 17.9 Å². The molecule has 0 saturated heterocycles. The van der Waals surface area contributed by atoms with Crippen molar-refractivity contribution in [2.75, 3.05) is 11.4 Å². The lowest BCUT2D eigenvalue weighted by Crippen LogP contribution is -2.29. The summed E-state index contributed by atoms with van der Waals surface area (Å²) in [5.74, 6) is -0.221. The highest BCUT2D eigenvalue weighted by molar-refractivity contribution is 5.94. The lowest BCUT2D eigenvalue weighted by Gasteiger charge is -2.19. The number of benzene rings is 1. The minimum atomic E-state index is -0.478. The molecule has 0 aliphatic carbocycles. The molecule has 0 aromatic heterocycles. The molecule has 1 amide bonds. The second kappa shape index (κ2) is 5.95. The summed E-state index contributed by atoms with van der Waals surface area (Å²) < 4.78 is 0. The van der Waals surface area contributed by atoms with Gasteiger partial charge in [0.2, 0.25) is 5.91 Å². The van der Waals surface area contributed by atoms with Crippen molar-refractivity contribution in [1.82, 2.24) is 0 Å². The Morgan fingerprint density at radius 2 is 1.94 bits per heavy atom. The number of rotatable bonds is 4. The molecule has 0 N–H and O–H groups in total. The lowest BCUT2D eigenvalue weighted by molar-refractivity contribution is -0.384. The van der Waals surface area contributed by atoms with Gasteiger partial charge in [0.15, 0.2) is 0 Å². The Morgan fingerprint density at radius 1 is 1.33 bits per heavy atom. The fourth-order valence-corrected chi connectivity index (χ4v) is 1.52. The zero-order valence-corrected chi connectivity index (χ0v) is 10.7. The number of hydrogen-bond acceptors (Lipinski definition) is 3. The molecule has 1 rings (SSSR count). The molecule has 1 aromatic carbocycles. The van der Waals surface area contributed by atoms with Gasteiger partial charge in [-0.2, -0.15) is 0 Å². The van der Waals surface area contributed by atoms with Gasteiger partial charge in [-0.3, -0.25) is 14.9 Å². The van der Waals surface area contributed by atoms with E-state index in [2.05, 4.69) is 0 Å². The molecule has 5 nitrogen and oxygen atoms in total. The van der Waals surface area contributed by atoms with E-state index >= 15 is 0 Å². The first kappa shape index (κ1) is 13.9. The highest BCUT2D eigenvalue weighted by atomic mass is 16.6. The summed E-state index contributed by atoms with van der Waals surface area (Å²) in [4.78, 5) is 23.5. The van der Waals surface area contributed by atoms with Crippen LogP contribution in [0, 0.1) is 10.1 Å². The van der Waals surface area contributed by atoms with E-state index < -0.39 is 4.92 Å². The zero-order valence-electron chi connectivity index (χ0n) is 10.7. The van der Waals surface area contributed by atoms with Crippen molar-refractivity contribution in [1.29, 1.82) is 0 Å². The molecule has 0 spiro atoms. The van der Waals surface area contributed by atoms with Crippen LogP contribution in [0.2, 0.25) is 0 Å². The number of nitro benzene ring substituents is 1. The third kappa shape index (κ3) is 3.41. The van der Waals surface area contributed by atoms with E-state index in [0.717, 1.165) is 5.57 Å². The fraction of sp³-hybridized carbons (Fsp3) is 0.308. The number of nitro groups is 1. The summed E-state index contributed by atoms with van der Waals surface area (Å²) in [6, 6.07) is 6.24. The van der Waals surface area contributed by atoms with Crippen molar-refractivity contribution in [3.63, 3.8) is 0 Å². The highest BCUT2D eigenvalue weighted by Crippen LogP contribution is 2.27. The van der Waals surface area contributed by atoms with E-state index in [1.807, 2.05) is 19.9 Å². The van der Waals surface area contributed by atoms with Crippen LogP contribution in [0.5, 0.6) is 0 Å². The van der Waals surface area contributed by atoms with Crippen molar-refractivity contribution < 1.29 is 9.72 Å². The van der Waals surface area contributed by atoms with Crippen LogP contribution >= 0.6 is 0 Å². The van der Waals surface area contributed by atoms with Crippen LogP contribution in [0.15, 0.2) is 35.9 Å². The van der Waals surface area contributed by atoms with Crippen LogP contribution < -0.4 is 4.90 Å². The normalized spacial score (nSPS) is 9.72. The quantitative estimate of drug-likeness (QED) is 0.467. The Labute approximate surface area is 106 Å². The van der Waals surface area contributed by atoms with Gasteiger partial charge in [0.1, 0.15) is 5.69 Å². The first-order valence-electron chi connectivity index (χ1n) is 5.58. The molecular weight excluding hydrogens is 232 g/mol. The molecule has 0 fully saturated rings. The summed E-state index contributed by atoms with van der Waals surface area (Å²) in [5.41, 5.74) is 1.32. The maximum absolute atomic E-state index is 11.6. The third-order valence-corrected chi connectivity index (χ3v) is 2.43. The number of allylic oxidation sites excluding steroid dienone is 1. The SMILES string of the molecule is CC(=O)N(CC=C(C)C)c1ccccc1[N+](=O)[O-]. The van der Waals surface area contributed by atoms with Gasteiger partial charge >= 0.3 is 0 Å². The van der Waals surface area contributed by atoms with E-state index in [9.17, 15) is 14.9 Å². The van der Waals surface area contributed by atoms with Crippen LogP contribution in [0.25, 0.3) is 0 Å². The molecule has 0 bridgehead atoms. The number of anilines is 1. The number of amides is 1. The molecular formula is C13H16N2O3. The number of hydrogen-bond donors (Lipinski definition) is 0. The van der Waals surface area contributed by atoms with Crippen molar-refractivity contribution in [2.24, 2.45) is 0 Å². The fourth-order valence-electron chi connectivity index (χ4n) is 1.52. The van der Waals surface area contributed by atoms with Gasteiger partial charge in [-0.15, -0.1) is 0 Å². The summed E-state index contributed by atoms with van der Waals surface area (Å²) in [7, 11) is 0. The van der Waals surface area contributed by atoms with E-state index in [-0.39, 0.29) is 11.6 Å². The molecule has 0 aliphatic rings. The molecule has 0 unspecified atom stereocenters. The molecule has 96 valence electrons. The molecule has 0 radical (unpaired) electrons. The van der Waals surface area contributed by atoms with Crippen LogP contribution in [0.3, 0.4) is 0 Å². The van der Waals surface area contributed by atoms with Crippen molar-refractivity contribution in [3.05, 3.63) is 46.0 Å². The molecule has 0 saturated carbocycles. The van der Waals surface area contributed by atoms with Gasteiger partial charge in [0.25, 0.3) is 5.69 Å². The molecule has 0 atom stereocenters. The summed E-state index contributed by atoms with van der Waals surface area (Å²) in [5, 5.41) is 10.9. The number of carbonyl (C=O) groups is 1. The highest BCUT2D eigenvalue weighted by Gasteiger charge is 2.20. The van der Waals surface area contributed by atoms with Gasteiger partial charge in [0, 0.05) is 19.5 Å². The number of carbonyl (C=O) groups excluding carboxylic acids is 1. The van der Waals surface area contributed by atoms with Crippen molar-refractivity contribution >= 4 is 17.3 Å². The van der Waals surface area contributed by atoms with Gasteiger partial charge in [0.05, 0.1) is 4.92 Å². The van der Waals surface area contributed by atoms with Crippen LogP contribution in [0.1, 0.15) is 20.8 Å². The van der Waals surface area contributed by atoms with Crippen molar-refractivity contribution in [2.45, 2.75) is 20.8 Å². The Hall–Kier alpha value is -2.17. The van der Waals surface area contributed by atoms with Gasteiger partial charge in [-0.05, 0) is 19.9 Å². The van der Waals surface area contributed by atoms with Crippen LogP contribution in [-0.2, 0) is 4.79 Å². The molecule has 5 heteroatoms. The third-order valence-electron chi connectivity index (χ3n) is 2.43. The number of para-hydroxylation sites is 2. The van der Waals surface area contributed by atoms with Gasteiger partial charge < -0.3 is 4.90 Å². The Bertz CT molecular complexity index is 491. The zero-order chi connectivity index (χ0) is 13.7. The van der Waals surface area contributed by atoms with E-state index in [0.29, 0.717) is 12.2 Å². The second-order valence-electron chi connectivity index (χ2n) is 4.16. The molecule has 0 aliphatic heterocycles. The predicted molar refractivity (Wildman–Crippen MR) is 70.6 cm³/mol. The first-order valence-corrected chi connectivity index (χ1v) is 5.58. The Balaban J connectivity index is 3.18. The minimum Gasteiger partial charge on any atom is -0.303 e. The smallest absolute Gasteiger partial charge is 0.292 e. The Kier molecular flexibility index (Phi) is 4.59. The molecule has 18 heavy (non-hydrogen) atoms. The summed E-state index contributed by atoms with van der Waals surface area (Å²) in [6.07, 6.45) is 1.86. The average molecular weight is 248 g/mol. The van der Waals surface area contributed by atoms with Crippen LogP contribution in [-0.4, -0.2) is 17.4 Å². The summed E-state index contributed by atoms with van der Waals surface area (Å²) in [6.45, 7) is 5.56. The lowest BCUT2D eigenvalue weighted by atomic mass is 10.2. The predicted octanol–water partition coefficient (Wildman–Crippen LogP) is 2.91. The van der Waals surface area contributed by atoms with Crippen molar-refractivity contribution in [3.8, 4) is 0 Å². The van der Waals surface area contributed by atoms with Gasteiger partial charge in [-0.25, -0.2) is 0 Å². The second-order valence-corrected chi connectivity index (χ2v) is 4.16. The minimum absolute atomic E-state index is 0.0603. The largest absolute Gasteiger partial charge is 0.303 e. The Morgan fingerprint density at radius 3 is 2.44 bits per heavy atom. The maximum Gasteiger partial charge on any atom is 0.292 e. The van der Waals surface area contributed by atoms with E-state index in [1.54, 1.807) is 18.2 Å². The average Bonchev–Trinajstić information content (AvgIpc) is 2.28. The molecule has 0 heterocycles. The number of nitrogens with zero attached hydrogens (tertiary/aromatic N) is 2. The summed E-state index contributed by atoms with van der Waals surface area (Å²) >= 11 is 0. The van der Waals surface area contributed by atoms with Gasteiger partial charge in [-0.1, -0.05) is 23.8 Å². The van der Waals surface area contributed by atoms with E-state index in [4.69, 9.17) is 0 Å². The standard InChI is InChI=1S/C13H16N2O3/c1-10(2)8-9-14(11(3)16)12-6-4-5-7-13(12)15(17)18/h4-8H,9H2,1-3H3. The first-order chi connectivity index (χ1) is 8.43. The maximum atomic E-state index is 11.6. The molecule has 1 aromatic rings.